The molecule has 2 N–H and O–H groups in total. The second-order valence-corrected chi connectivity index (χ2v) is 5.74. The quantitative estimate of drug-likeness (QED) is 0.604. The van der Waals surface area contributed by atoms with E-state index in [4.69, 9.17) is 22.7 Å². The summed E-state index contributed by atoms with van der Waals surface area (Å²) in [7, 11) is 0. The fourth-order valence-electron chi connectivity index (χ4n) is 3.07. The molecule has 17 heavy (non-hydrogen) atoms. The number of fused-ring (bicyclic) bond motifs is 1. The summed E-state index contributed by atoms with van der Waals surface area (Å²) in [6.07, 6.45) is 9.03. The van der Waals surface area contributed by atoms with Crippen LogP contribution in [0, 0.1) is 0 Å². The topological polar surface area (TPSA) is 38.5 Å². The van der Waals surface area contributed by atoms with Crippen molar-refractivity contribution in [3.05, 3.63) is 0 Å². The van der Waals surface area contributed by atoms with Gasteiger partial charge in [0.1, 0.15) is 0 Å². The minimum Gasteiger partial charge on any atom is -0.393 e. The van der Waals surface area contributed by atoms with Crippen LogP contribution in [-0.2, 0) is 4.74 Å². The van der Waals surface area contributed by atoms with Crippen molar-refractivity contribution in [3.8, 4) is 0 Å². The molecule has 98 valence electrons. The Balaban J connectivity index is 1.73. The van der Waals surface area contributed by atoms with Gasteiger partial charge in [0.25, 0.3) is 0 Å². The fourth-order valence-corrected chi connectivity index (χ4v) is 3.21. The molecule has 1 heterocycles. The number of hydrogen-bond acceptors (Lipinski definition) is 3. The van der Waals surface area contributed by atoms with Crippen LogP contribution < -0.4 is 5.73 Å². The van der Waals surface area contributed by atoms with Crippen molar-refractivity contribution in [2.45, 2.75) is 57.1 Å². The van der Waals surface area contributed by atoms with E-state index < -0.39 is 0 Å². The molecule has 0 radical (unpaired) electrons. The van der Waals surface area contributed by atoms with Crippen molar-refractivity contribution in [1.29, 1.82) is 0 Å². The first kappa shape index (κ1) is 13.2. The average Bonchev–Trinajstić information content (AvgIpc) is 2.34. The second kappa shape index (κ2) is 6.66. The van der Waals surface area contributed by atoms with Crippen molar-refractivity contribution < 1.29 is 4.74 Å². The van der Waals surface area contributed by atoms with Crippen LogP contribution in [0.5, 0.6) is 0 Å². The van der Waals surface area contributed by atoms with Gasteiger partial charge in [0, 0.05) is 12.6 Å². The van der Waals surface area contributed by atoms with E-state index in [1.54, 1.807) is 0 Å². The minimum atomic E-state index is 0.507. The first-order valence-electron chi connectivity index (χ1n) is 6.91. The van der Waals surface area contributed by atoms with Crippen molar-refractivity contribution in [3.63, 3.8) is 0 Å². The van der Waals surface area contributed by atoms with E-state index >= 15 is 0 Å². The Labute approximate surface area is 110 Å². The largest absolute Gasteiger partial charge is 0.393 e. The normalized spacial score (nSPS) is 29.9. The lowest BCUT2D eigenvalue weighted by Crippen LogP contribution is -2.52. The Kier molecular flexibility index (Phi) is 5.19. The third-order valence-electron chi connectivity index (χ3n) is 3.97. The maximum absolute atomic E-state index is 5.87. The van der Waals surface area contributed by atoms with Crippen LogP contribution in [0.3, 0.4) is 0 Å². The molecular weight excluding hydrogens is 232 g/mol. The third-order valence-corrected chi connectivity index (χ3v) is 4.17. The zero-order valence-electron chi connectivity index (χ0n) is 10.6. The standard InChI is InChI=1S/C13H24N2OS/c14-13(17)7-3-4-8-15-9-10-16-12-6-2-1-5-11(12)15/h11-12H,1-10H2,(H2,14,17). The summed E-state index contributed by atoms with van der Waals surface area (Å²) >= 11 is 4.90. The molecule has 2 atom stereocenters. The number of unbranched alkanes of at least 4 members (excludes halogenated alkanes) is 1. The molecule has 0 spiro atoms. The fraction of sp³-hybridized carbons (Fsp3) is 0.923. The summed E-state index contributed by atoms with van der Waals surface area (Å²) in [5, 5.41) is 0. The molecule has 1 saturated heterocycles. The molecule has 1 aliphatic carbocycles. The van der Waals surface area contributed by atoms with Gasteiger partial charge in [-0.25, -0.2) is 0 Å². The summed E-state index contributed by atoms with van der Waals surface area (Å²) < 4.78 is 5.87. The van der Waals surface area contributed by atoms with Gasteiger partial charge in [-0.1, -0.05) is 25.1 Å². The predicted molar refractivity (Wildman–Crippen MR) is 74.2 cm³/mol. The zero-order valence-corrected chi connectivity index (χ0v) is 11.4. The molecule has 2 aliphatic rings. The molecule has 0 bridgehead atoms. The molecular formula is C13H24N2OS. The first-order chi connectivity index (χ1) is 8.27. The van der Waals surface area contributed by atoms with Crippen LogP contribution in [0.2, 0.25) is 0 Å². The molecule has 2 fully saturated rings. The summed E-state index contributed by atoms with van der Waals surface area (Å²) in [6, 6.07) is 0.683. The number of morpholine rings is 1. The number of hydrogen-bond donors (Lipinski definition) is 1. The van der Waals surface area contributed by atoms with Crippen LogP contribution >= 0.6 is 12.2 Å². The van der Waals surface area contributed by atoms with Gasteiger partial charge in [0.15, 0.2) is 0 Å². The number of nitrogens with two attached hydrogens (primary N) is 1. The maximum atomic E-state index is 5.87. The highest BCUT2D eigenvalue weighted by atomic mass is 32.1. The molecule has 1 saturated carbocycles. The number of rotatable bonds is 5. The zero-order chi connectivity index (χ0) is 12.1. The Morgan fingerprint density at radius 3 is 2.94 bits per heavy atom. The molecule has 0 aromatic carbocycles. The van der Waals surface area contributed by atoms with Crippen LogP contribution in [0.4, 0.5) is 0 Å². The SMILES string of the molecule is NC(=S)CCCCN1CCOC2CCCCC21. The summed E-state index contributed by atoms with van der Waals surface area (Å²) in [6.45, 7) is 3.21. The van der Waals surface area contributed by atoms with E-state index in [1.807, 2.05) is 0 Å². The Morgan fingerprint density at radius 1 is 1.29 bits per heavy atom. The van der Waals surface area contributed by atoms with Gasteiger partial charge in [-0.15, -0.1) is 0 Å². The highest BCUT2D eigenvalue weighted by Gasteiger charge is 2.33. The van der Waals surface area contributed by atoms with Gasteiger partial charge in [-0.2, -0.15) is 0 Å². The molecule has 0 amide bonds. The van der Waals surface area contributed by atoms with E-state index in [-0.39, 0.29) is 0 Å². The number of ether oxygens (including phenoxy) is 1. The monoisotopic (exact) mass is 256 g/mol. The van der Waals surface area contributed by atoms with Crippen molar-refractivity contribution in [2.75, 3.05) is 19.7 Å². The summed E-state index contributed by atoms with van der Waals surface area (Å²) in [4.78, 5) is 3.29. The van der Waals surface area contributed by atoms with Gasteiger partial charge in [0.2, 0.25) is 0 Å². The lowest BCUT2D eigenvalue weighted by atomic mass is 9.90. The first-order valence-corrected chi connectivity index (χ1v) is 7.32. The van der Waals surface area contributed by atoms with Gasteiger partial charge in [0.05, 0.1) is 17.7 Å². The minimum absolute atomic E-state index is 0.507. The van der Waals surface area contributed by atoms with Gasteiger partial charge < -0.3 is 10.5 Å². The smallest absolute Gasteiger partial charge is 0.0730 e. The molecule has 0 aromatic heterocycles. The van der Waals surface area contributed by atoms with E-state index in [9.17, 15) is 0 Å². The Bertz CT molecular complexity index is 258. The van der Waals surface area contributed by atoms with Gasteiger partial charge in [-0.3, -0.25) is 4.90 Å². The number of thiocarbonyl (C=S) groups is 1. The molecule has 4 heteroatoms. The molecule has 2 unspecified atom stereocenters. The van der Waals surface area contributed by atoms with Crippen molar-refractivity contribution in [2.24, 2.45) is 5.73 Å². The second-order valence-electron chi connectivity index (χ2n) is 5.22. The van der Waals surface area contributed by atoms with Crippen LogP contribution in [0.15, 0.2) is 0 Å². The highest BCUT2D eigenvalue weighted by molar-refractivity contribution is 7.80. The molecule has 0 aromatic rings. The maximum Gasteiger partial charge on any atom is 0.0730 e. The van der Waals surface area contributed by atoms with Gasteiger partial charge in [-0.05, 0) is 38.6 Å². The van der Waals surface area contributed by atoms with Gasteiger partial charge >= 0.3 is 0 Å². The van der Waals surface area contributed by atoms with Crippen molar-refractivity contribution in [1.82, 2.24) is 4.90 Å². The van der Waals surface area contributed by atoms with E-state index in [0.717, 1.165) is 26.0 Å². The summed E-state index contributed by atoms with van der Waals surface area (Å²) in [5.41, 5.74) is 5.52. The van der Waals surface area contributed by atoms with Crippen molar-refractivity contribution >= 4 is 17.2 Å². The summed E-state index contributed by atoms with van der Waals surface area (Å²) in [5.74, 6) is 0. The number of nitrogens with zero attached hydrogens (tertiary/aromatic N) is 1. The third kappa shape index (κ3) is 3.90. The lowest BCUT2D eigenvalue weighted by molar-refractivity contribution is -0.0882. The predicted octanol–water partition coefficient (Wildman–Crippen LogP) is 2.09. The Morgan fingerprint density at radius 2 is 2.12 bits per heavy atom. The van der Waals surface area contributed by atoms with E-state index in [0.29, 0.717) is 17.1 Å². The molecule has 2 rings (SSSR count). The Hall–Kier alpha value is -0.190. The van der Waals surface area contributed by atoms with Crippen LogP contribution in [0.25, 0.3) is 0 Å². The average molecular weight is 256 g/mol. The lowest BCUT2D eigenvalue weighted by Gasteiger charge is -2.43. The van der Waals surface area contributed by atoms with E-state index in [2.05, 4.69) is 4.90 Å². The molecule has 1 aliphatic heterocycles. The highest BCUT2D eigenvalue weighted by Crippen LogP contribution is 2.28. The van der Waals surface area contributed by atoms with Crippen LogP contribution in [0.1, 0.15) is 44.9 Å². The molecule has 3 nitrogen and oxygen atoms in total. The van der Waals surface area contributed by atoms with E-state index in [1.165, 1.54) is 38.6 Å². The van der Waals surface area contributed by atoms with Crippen LogP contribution in [-0.4, -0.2) is 41.7 Å².